The Morgan fingerprint density at radius 1 is 0.442 bits per heavy atom. The minimum absolute atomic E-state index is 0.577. The molecule has 0 N–H and O–H groups in total. The lowest BCUT2D eigenvalue weighted by Gasteiger charge is -2.13. The summed E-state index contributed by atoms with van der Waals surface area (Å²) >= 11 is 0. The zero-order valence-corrected chi connectivity index (χ0v) is 27.8. The number of benzene rings is 6. The maximum atomic E-state index is 9.58. The van der Waals surface area contributed by atoms with Crippen molar-refractivity contribution in [2.45, 2.75) is 0 Å². The molecule has 10 rings (SSSR count). The molecule has 0 amide bonds. The lowest BCUT2D eigenvalue weighted by molar-refractivity contribution is 1.12. The van der Waals surface area contributed by atoms with E-state index < -0.39 is 0 Å². The first-order valence-electron chi connectivity index (χ1n) is 17.2. The van der Waals surface area contributed by atoms with Crippen LogP contribution in [0.3, 0.4) is 0 Å². The van der Waals surface area contributed by atoms with Crippen LogP contribution in [-0.4, -0.2) is 24.1 Å². The zero-order chi connectivity index (χ0) is 34.6. The first-order valence-corrected chi connectivity index (χ1v) is 17.2. The summed E-state index contributed by atoms with van der Waals surface area (Å²) in [6.45, 7) is 0. The number of aromatic nitrogens is 5. The normalized spacial score (nSPS) is 11.4. The average molecular weight is 665 g/mol. The van der Waals surface area contributed by atoms with E-state index in [0.717, 1.165) is 56.0 Å². The fourth-order valence-corrected chi connectivity index (χ4v) is 7.47. The van der Waals surface area contributed by atoms with E-state index in [1.165, 1.54) is 21.5 Å². The minimum Gasteiger partial charge on any atom is -0.307 e. The molecule has 4 heterocycles. The van der Waals surface area contributed by atoms with Gasteiger partial charge >= 0.3 is 0 Å². The van der Waals surface area contributed by atoms with Gasteiger partial charge in [0.05, 0.1) is 62.7 Å². The van der Waals surface area contributed by atoms with Gasteiger partial charge in [0.2, 0.25) is 0 Å². The van der Waals surface area contributed by atoms with Crippen molar-refractivity contribution in [3.8, 4) is 51.5 Å². The Labute approximate surface area is 299 Å². The zero-order valence-electron chi connectivity index (χ0n) is 27.8. The molecule has 0 saturated heterocycles. The molecule has 6 heteroatoms. The summed E-state index contributed by atoms with van der Waals surface area (Å²) in [6.07, 6.45) is 1.94. The van der Waals surface area contributed by atoms with Crippen molar-refractivity contribution in [1.29, 1.82) is 5.26 Å². The van der Waals surface area contributed by atoms with E-state index in [0.29, 0.717) is 17.1 Å². The van der Waals surface area contributed by atoms with Crippen molar-refractivity contribution in [3.63, 3.8) is 0 Å². The van der Waals surface area contributed by atoms with Crippen LogP contribution in [0.5, 0.6) is 0 Å². The second-order valence-corrected chi connectivity index (χ2v) is 12.8. The van der Waals surface area contributed by atoms with Gasteiger partial charge < -0.3 is 9.13 Å². The predicted molar refractivity (Wildman–Crippen MR) is 210 cm³/mol. The van der Waals surface area contributed by atoms with Gasteiger partial charge in [-0.25, -0.2) is 9.97 Å². The second-order valence-electron chi connectivity index (χ2n) is 12.8. The topological polar surface area (TPSA) is 72.3 Å². The quantitative estimate of drug-likeness (QED) is 0.184. The van der Waals surface area contributed by atoms with E-state index in [1.54, 1.807) is 6.07 Å². The molecule has 0 spiro atoms. The van der Waals surface area contributed by atoms with E-state index in [1.807, 2.05) is 66.9 Å². The first-order chi connectivity index (χ1) is 25.7. The summed E-state index contributed by atoms with van der Waals surface area (Å²) in [5, 5.41) is 14.4. The number of nitrogens with zero attached hydrogens (tertiary/aromatic N) is 6. The molecule has 10 aromatic rings. The summed E-state index contributed by atoms with van der Waals surface area (Å²) in [5.41, 5.74) is 11.1. The molecule has 0 aliphatic heterocycles. The van der Waals surface area contributed by atoms with Gasteiger partial charge in [-0.05, 0) is 54.6 Å². The lowest BCUT2D eigenvalue weighted by Crippen LogP contribution is -2.00. The minimum atomic E-state index is 0.577. The van der Waals surface area contributed by atoms with Crippen LogP contribution in [0.2, 0.25) is 0 Å². The molecule has 6 nitrogen and oxygen atoms in total. The molecule has 0 aliphatic rings. The molecule has 0 radical (unpaired) electrons. The third-order valence-electron chi connectivity index (χ3n) is 9.80. The Hall–Kier alpha value is -7.36. The van der Waals surface area contributed by atoms with E-state index in [9.17, 15) is 5.26 Å². The highest BCUT2D eigenvalue weighted by Gasteiger charge is 2.21. The molecular formula is C46H28N6. The van der Waals surface area contributed by atoms with Crippen molar-refractivity contribution in [3.05, 3.63) is 176 Å². The molecule has 0 saturated carbocycles. The summed E-state index contributed by atoms with van der Waals surface area (Å²) < 4.78 is 4.73. The van der Waals surface area contributed by atoms with Crippen LogP contribution in [0.15, 0.2) is 170 Å². The molecule has 242 valence electrons. The monoisotopic (exact) mass is 664 g/mol. The fourth-order valence-electron chi connectivity index (χ4n) is 7.47. The van der Waals surface area contributed by atoms with E-state index in [4.69, 9.17) is 15.0 Å². The standard InChI is InChI=1S/C46H28N6/c47-28-30-12-11-15-32(26-30)40-27-41(50-46(49-40)31-13-3-1-4-14-31)39-25-22-34(29-48-39)52-43-21-10-8-19-36(43)38-24-23-37-35-18-7-9-20-42(35)51(44(37)45(38)52)33-16-5-2-6-17-33/h1-27,29H. The molecule has 4 aromatic heterocycles. The third kappa shape index (κ3) is 4.68. The summed E-state index contributed by atoms with van der Waals surface area (Å²) in [6, 6.07) is 58.1. The maximum absolute atomic E-state index is 9.58. The lowest BCUT2D eigenvalue weighted by atomic mass is 10.1. The molecule has 0 unspecified atom stereocenters. The SMILES string of the molecule is N#Cc1cccc(-c2cc(-c3ccc(-n4c5ccccc5c5ccc6c7ccccc7n(-c7ccccc7)c6c54)cn3)nc(-c3ccccc3)n2)c1. The number of nitriles is 1. The molecule has 0 fully saturated rings. The number of rotatable bonds is 5. The van der Waals surface area contributed by atoms with Crippen molar-refractivity contribution >= 4 is 43.6 Å². The van der Waals surface area contributed by atoms with Crippen molar-refractivity contribution in [2.75, 3.05) is 0 Å². The molecule has 52 heavy (non-hydrogen) atoms. The van der Waals surface area contributed by atoms with Crippen LogP contribution in [0.25, 0.3) is 89.0 Å². The fraction of sp³-hybridized carbons (Fsp3) is 0. The van der Waals surface area contributed by atoms with Crippen LogP contribution < -0.4 is 0 Å². The van der Waals surface area contributed by atoms with Gasteiger partial charge in [0, 0.05) is 38.4 Å². The van der Waals surface area contributed by atoms with Crippen molar-refractivity contribution < 1.29 is 0 Å². The van der Waals surface area contributed by atoms with Gasteiger partial charge in [-0.15, -0.1) is 0 Å². The van der Waals surface area contributed by atoms with Crippen molar-refractivity contribution in [1.82, 2.24) is 24.1 Å². The van der Waals surface area contributed by atoms with Gasteiger partial charge in [0.1, 0.15) is 0 Å². The average Bonchev–Trinajstić information content (AvgIpc) is 3.75. The van der Waals surface area contributed by atoms with E-state index in [2.05, 4.69) is 112 Å². The number of pyridine rings is 1. The van der Waals surface area contributed by atoms with E-state index >= 15 is 0 Å². The first kappa shape index (κ1) is 29.5. The highest BCUT2D eigenvalue weighted by molar-refractivity contribution is 6.23. The number of hydrogen-bond acceptors (Lipinski definition) is 4. The molecular weight excluding hydrogens is 637 g/mol. The Kier molecular flexibility index (Phi) is 6.76. The highest BCUT2D eigenvalue weighted by Crippen LogP contribution is 2.41. The van der Waals surface area contributed by atoms with Crippen molar-refractivity contribution in [2.24, 2.45) is 0 Å². The smallest absolute Gasteiger partial charge is 0.160 e. The van der Waals surface area contributed by atoms with Gasteiger partial charge in [0.15, 0.2) is 5.82 Å². The van der Waals surface area contributed by atoms with Crippen LogP contribution in [0.1, 0.15) is 5.56 Å². The summed E-state index contributed by atoms with van der Waals surface area (Å²) in [4.78, 5) is 15.0. The van der Waals surface area contributed by atoms with Crippen LogP contribution in [0, 0.1) is 11.3 Å². The number of para-hydroxylation sites is 3. The largest absolute Gasteiger partial charge is 0.307 e. The van der Waals surface area contributed by atoms with Gasteiger partial charge in [-0.2, -0.15) is 5.26 Å². The molecule has 0 aliphatic carbocycles. The van der Waals surface area contributed by atoms with E-state index in [-0.39, 0.29) is 0 Å². The summed E-state index contributed by atoms with van der Waals surface area (Å²) in [7, 11) is 0. The Morgan fingerprint density at radius 3 is 1.69 bits per heavy atom. The number of hydrogen-bond donors (Lipinski definition) is 0. The van der Waals surface area contributed by atoms with Gasteiger partial charge in [-0.3, -0.25) is 4.98 Å². The Bertz CT molecular complexity index is 3010. The summed E-state index contributed by atoms with van der Waals surface area (Å²) in [5.74, 6) is 0.597. The Morgan fingerprint density at radius 2 is 1.04 bits per heavy atom. The Balaban J connectivity index is 1.20. The molecule has 6 aromatic carbocycles. The van der Waals surface area contributed by atoms with Crippen LogP contribution in [-0.2, 0) is 0 Å². The van der Waals surface area contributed by atoms with Gasteiger partial charge in [0.25, 0.3) is 0 Å². The maximum Gasteiger partial charge on any atom is 0.160 e. The molecule has 0 atom stereocenters. The molecule has 0 bridgehead atoms. The van der Waals surface area contributed by atoms with Crippen LogP contribution >= 0.6 is 0 Å². The van der Waals surface area contributed by atoms with Gasteiger partial charge in [-0.1, -0.05) is 109 Å². The predicted octanol–water partition coefficient (Wildman–Crippen LogP) is 10.9. The number of fused-ring (bicyclic) bond motifs is 7. The second kappa shape index (κ2) is 11.9. The highest BCUT2D eigenvalue weighted by atomic mass is 15.1. The van der Waals surface area contributed by atoms with Crippen LogP contribution in [0.4, 0.5) is 0 Å². The third-order valence-corrected chi connectivity index (χ3v) is 9.80.